The zero-order valence-corrected chi connectivity index (χ0v) is 18.3. The second kappa shape index (κ2) is 12.8. The van der Waals surface area contributed by atoms with Crippen molar-refractivity contribution < 1.29 is 13.2 Å². The summed E-state index contributed by atoms with van der Waals surface area (Å²) in [5.74, 6) is 0.747. The first-order chi connectivity index (χ1) is 10.9. The van der Waals surface area contributed by atoms with Crippen molar-refractivity contribution in [1.29, 1.82) is 0 Å². The lowest BCUT2D eigenvalue weighted by atomic mass is 10.4. The van der Waals surface area contributed by atoms with Gasteiger partial charge in [-0.25, -0.2) is 13.4 Å². The molecule has 0 unspecified atom stereocenters. The van der Waals surface area contributed by atoms with E-state index in [-0.39, 0.29) is 36.3 Å². The Morgan fingerprint density at radius 2 is 2.04 bits per heavy atom. The number of hydrogen-bond donors (Lipinski definition) is 2. The van der Waals surface area contributed by atoms with Gasteiger partial charge in [-0.2, -0.15) is 0 Å². The van der Waals surface area contributed by atoms with Gasteiger partial charge in [0.25, 0.3) is 0 Å². The van der Waals surface area contributed by atoms with Crippen LogP contribution in [0.25, 0.3) is 0 Å². The van der Waals surface area contributed by atoms with Crippen molar-refractivity contribution in [3.05, 3.63) is 16.1 Å². The summed E-state index contributed by atoms with van der Waals surface area (Å²) in [6.45, 7) is 4.10. The molecule has 0 aliphatic rings. The van der Waals surface area contributed by atoms with Crippen LogP contribution < -0.4 is 10.6 Å². The number of nitrogens with zero attached hydrogens (tertiary/aromatic N) is 2. The summed E-state index contributed by atoms with van der Waals surface area (Å²) in [6.07, 6.45) is 5.01. The highest BCUT2D eigenvalue weighted by molar-refractivity contribution is 14.0. The van der Waals surface area contributed by atoms with E-state index in [0.29, 0.717) is 19.1 Å². The predicted molar refractivity (Wildman–Crippen MR) is 111 cm³/mol. The first-order valence-corrected chi connectivity index (χ1v) is 10.5. The highest BCUT2D eigenvalue weighted by atomic mass is 127. The monoisotopic (exact) mass is 490 g/mol. The van der Waals surface area contributed by atoms with E-state index in [9.17, 15) is 8.42 Å². The molecule has 0 fully saturated rings. The van der Waals surface area contributed by atoms with Crippen LogP contribution >= 0.6 is 35.3 Å². The van der Waals surface area contributed by atoms with Gasteiger partial charge < -0.3 is 15.4 Å². The Morgan fingerprint density at radius 3 is 2.62 bits per heavy atom. The molecule has 1 rings (SSSR count). The van der Waals surface area contributed by atoms with Crippen molar-refractivity contribution in [2.75, 3.05) is 45.4 Å². The lowest BCUT2D eigenvalue weighted by Crippen LogP contribution is -2.39. The van der Waals surface area contributed by atoms with E-state index in [4.69, 9.17) is 4.74 Å². The second-order valence-corrected chi connectivity index (χ2v) is 8.45. The van der Waals surface area contributed by atoms with E-state index in [2.05, 4.69) is 27.5 Å². The number of aromatic nitrogens is 1. The topological polar surface area (TPSA) is 92.7 Å². The highest BCUT2D eigenvalue weighted by Crippen LogP contribution is 2.13. The lowest BCUT2D eigenvalue weighted by Gasteiger charge is -2.11. The summed E-state index contributed by atoms with van der Waals surface area (Å²) in [5, 5.41) is 7.45. The zero-order valence-electron chi connectivity index (χ0n) is 14.4. The number of ether oxygens (including phenoxy) is 1. The van der Waals surface area contributed by atoms with Gasteiger partial charge in [0.15, 0.2) is 5.96 Å². The average Bonchev–Trinajstić information content (AvgIpc) is 2.95. The maximum absolute atomic E-state index is 10.9. The molecule has 0 saturated heterocycles. The number of nitrogens with one attached hydrogen (secondary N) is 2. The Bertz CT molecular complexity index is 591. The van der Waals surface area contributed by atoms with Crippen LogP contribution in [0.15, 0.2) is 11.2 Å². The van der Waals surface area contributed by atoms with Gasteiger partial charge in [0.2, 0.25) is 0 Å². The molecule has 24 heavy (non-hydrogen) atoms. The molecule has 0 atom stereocenters. The molecule has 140 valence electrons. The summed E-state index contributed by atoms with van der Waals surface area (Å²) < 4.78 is 27.2. The largest absolute Gasteiger partial charge is 0.379 e. The van der Waals surface area contributed by atoms with Gasteiger partial charge in [0.05, 0.1) is 24.0 Å². The van der Waals surface area contributed by atoms with Crippen LogP contribution in [0.2, 0.25) is 0 Å². The van der Waals surface area contributed by atoms with E-state index in [0.717, 1.165) is 24.4 Å². The zero-order chi connectivity index (χ0) is 17.1. The molecule has 0 aliphatic carbocycles. The number of aryl methyl sites for hydroxylation is 1. The van der Waals surface area contributed by atoms with E-state index in [1.807, 2.05) is 6.20 Å². The number of thiazole rings is 1. The molecule has 0 aliphatic heterocycles. The Labute approximate surface area is 165 Å². The number of sulfone groups is 1. The van der Waals surface area contributed by atoms with Crippen LogP contribution in [0, 0.1) is 0 Å². The smallest absolute Gasteiger partial charge is 0.191 e. The van der Waals surface area contributed by atoms with Gasteiger partial charge >= 0.3 is 0 Å². The van der Waals surface area contributed by atoms with Gasteiger partial charge in [-0.3, -0.25) is 4.99 Å². The molecule has 2 N–H and O–H groups in total. The van der Waals surface area contributed by atoms with Crippen LogP contribution in [0.3, 0.4) is 0 Å². The third-order valence-corrected chi connectivity index (χ3v) is 5.05. The van der Waals surface area contributed by atoms with Gasteiger partial charge in [0.1, 0.15) is 9.84 Å². The third-order valence-electron chi connectivity index (χ3n) is 2.94. The van der Waals surface area contributed by atoms with Gasteiger partial charge in [-0.15, -0.1) is 35.3 Å². The van der Waals surface area contributed by atoms with E-state index in [1.54, 1.807) is 18.4 Å². The van der Waals surface area contributed by atoms with Crippen molar-refractivity contribution in [2.24, 2.45) is 4.99 Å². The first kappa shape index (κ1) is 23.5. The summed E-state index contributed by atoms with van der Waals surface area (Å²) in [5.41, 5.74) is 0. The Morgan fingerprint density at radius 1 is 1.33 bits per heavy atom. The number of guanidine groups is 1. The standard InChI is InChI=1S/C14H26N4O3S2.HI/c1-4-12-11-18-13(22-12)5-6-16-14(15-2)17-7-8-21-9-10-23(3,19)20;/h11H,4-10H2,1-3H3,(H2,15,16,17);1H. The highest BCUT2D eigenvalue weighted by Gasteiger charge is 2.03. The minimum atomic E-state index is -2.96. The molecule has 1 aromatic rings. The van der Waals surface area contributed by atoms with Crippen molar-refractivity contribution in [3.63, 3.8) is 0 Å². The molecule has 10 heteroatoms. The molecule has 0 radical (unpaired) electrons. The van der Waals surface area contributed by atoms with E-state index < -0.39 is 9.84 Å². The molecule has 1 heterocycles. The van der Waals surface area contributed by atoms with Crippen LogP contribution in [0.5, 0.6) is 0 Å². The van der Waals surface area contributed by atoms with Gasteiger partial charge in [0, 0.05) is 43.9 Å². The van der Waals surface area contributed by atoms with E-state index >= 15 is 0 Å². The maximum atomic E-state index is 10.9. The summed E-state index contributed by atoms with van der Waals surface area (Å²) in [7, 11) is -1.25. The average molecular weight is 490 g/mol. The summed E-state index contributed by atoms with van der Waals surface area (Å²) >= 11 is 1.74. The normalized spacial score (nSPS) is 11.9. The number of aliphatic imine (C=N–C) groups is 1. The molecule has 0 spiro atoms. The fourth-order valence-electron chi connectivity index (χ4n) is 1.69. The molecule has 0 bridgehead atoms. The minimum Gasteiger partial charge on any atom is -0.379 e. The lowest BCUT2D eigenvalue weighted by molar-refractivity contribution is 0.154. The SMILES string of the molecule is CCc1cnc(CCNC(=NC)NCCOCCS(C)(=O)=O)s1.I. The molecule has 0 saturated carbocycles. The van der Waals surface area contributed by atoms with Crippen molar-refractivity contribution in [2.45, 2.75) is 19.8 Å². The second-order valence-electron chi connectivity index (χ2n) is 4.99. The predicted octanol–water partition coefficient (Wildman–Crippen LogP) is 1.09. The fourth-order valence-corrected chi connectivity index (χ4v) is 2.97. The van der Waals surface area contributed by atoms with Crippen LogP contribution in [-0.2, 0) is 27.4 Å². The quantitative estimate of drug-likeness (QED) is 0.221. The van der Waals surface area contributed by atoms with Crippen LogP contribution in [-0.4, -0.2) is 64.7 Å². The van der Waals surface area contributed by atoms with E-state index in [1.165, 1.54) is 11.1 Å². The van der Waals surface area contributed by atoms with Crippen molar-refractivity contribution in [1.82, 2.24) is 15.6 Å². The number of rotatable bonds is 10. The van der Waals surface area contributed by atoms with Crippen molar-refractivity contribution in [3.8, 4) is 0 Å². The Hall–Kier alpha value is -0.460. The number of hydrogen-bond acceptors (Lipinski definition) is 6. The van der Waals surface area contributed by atoms with Gasteiger partial charge in [-0.05, 0) is 6.42 Å². The maximum Gasteiger partial charge on any atom is 0.191 e. The summed E-state index contributed by atoms with van der Waals surface area (Å²) in [6, 6.07) is 0. The number of halogens is 1. The van der Waals surface area contributed by atoms with Crippen molar-refractivity contribution >= 4 is 51.1 Å². The minimum absolute atomic E-state index is 0. The molecule has 0 aromatic carbocycles. The van der Waals surface area contributed by atoms with Crippen LogP contribution in [0.4, 0.5) is 0 Å². The molecule has 7 nitrogen and oxygen atoms in total. The first-order valence-electron chi connectivity index (χ1n) is 7.58. The Balaban J connectivity index is 0.00000529. The Kier molecular flexibility index (Phi) is 12.6. The molecule has 0 amide bonds. The van der Waals surface area contributed by atoms with Gasteiger partial charge in [-0.1, -0.05) is 6.92 Å². The molecule has 1 aromatic heterocycles. The fraction of sp³-hybridized carbons (Fsp3) is 0.714. The van der Waals surface area contributed by atoms with Crippen LogP contribution in [0.1, 0.15) is 16.8 Å². The molecular formula is C14H27IN4O3S2. The third kappa shape index (κ3) is 11.2. The summed E-state index contributed by atoms with van der Waals surface area (Å²) in [4.78, 5) is 9.80. The molecular weight excluding hydrogens is 463 g/mol.